The Kier molecular flexibility index (Phi) is 4.61. The van der Waals surface area contributed by atoms with E-state index in [0.717, 1.165) is 46.6 Å². The first-order chi connectivity index (χ1) is 14.7. The average Bonchev–Trinajstić information content (AvgIpc) is 3.16. The summed E-state index contributed by atoms with van der Waals surface area (Å²) >= 11 is 0. The van der Waals surface area contributed by atoms with Crippen molar-refractivity contribution in [3.05, 3.63) is 66.1 Å². The van der Waals surface area contributed by atoms with E-state index in [2.05, 4.69) is 20.7 Å². The number of nitrogens with one attached hydrogen (secondary N) is 2. The van der Waals surface area contributed by atoms with Crippen LogP contribution in [0.5, 0.6) is 0 Å². The smallest absolute Gasteiger partial charge is 0.224 e. The summed E-state index contributed by atoms with van der Waals surface area (Å²) in [5.74, 6) is 0.633. The number of fused-ring (bicyclic) bond motifs is 2. The molecule has 1 aliphatic rings. The lowest BCUT2D eigenvalue weighted by Gasteiger charge is -2.13. The van der Waals surface area contributed by atoms with Gasteiger partial charge in [0.2, 0.25) is 5.91 Å². The third kappa shape index (κ3) is 3.48. The number of aromatic nitrogens is 4. The van der Waals surface area contributed by atoms with Gasteiger partial charge in [-0.15, -0.1) is 0 Å². The van der Waals surface area contributed by atoms with Crippen LogP contribution in [-0.2, 0) is 17.8 Å². The molecule has 2 aromatic heterocycles. The third-order valence-corrected chi connectivity index (χ3v) is 5.22. The van der Waals surface area contributed by atoms with E-state index in [0.29, 0.717) is 24.4 Å². The van der Waals surface area contributed by atoms with Crippen LogP contribution < -0.4 is 16.4 Å². The number of nitrogens with zero attached hydrogens (tertiary/aromatic N) is 4. The molecule has 4 N–H and O–H groups in total. The van der Waals surface area contributed by atoms with Crippen molar-refractivity contribution in [2.24, 2.45) is 5.73 Å². The Morgan fingerprint density at radius 3 is 3.00 bits per heavy atom. The molecule has 0 bridgehead atoms. The Hall–Kier alpha value is -3.78. The normalized spacial score (nSPS) is 13.6. The highest BCUT2D eigenvalue weighted by atomic mass is 16.1. The molecule has 0 saturated heterocycles. The SMILES string of the molecule is NCc1cccc(-c2cn3ncnc3c(Nc3ccc4c(c3)NC(=O)CCC4)n2)c1. The maximum absolute atomic E-state index is 11.9. The van der Waals surface area contributed by atoms with E-state index < -0.39 is 0 Å². The van der Waals surface area contributed by atoms with Gasteiger partial charge in [-0.25, -0.2) is 14.5 Å². The number of rotatable bonds is 4. The molecule has 0 fully saturated rings. The van der Waals surface area contributed by atoms with Crippen molar-refractivity contribution in [1.29, 1.82) is 0 Å². The van der Waals surface area contributed by atoms with Crippen molar-refractivity contribution in [2.75, 3.05) is 10.6 Å². The minimum absolute atomic E-state index is 0.0469. The lowest BCUT2D eigenvalue weighted by atomic mass is 10.1. The van der Waals surface area contributed by atoms with Crippen LogP contribution in [-0.4, -0.2) is 25.5 Å². The minimum atomic E-state index is 0.0469. The van der Waals surface area contributed by atoms with Gasteiger partial charge in [-0.3, -0.25) is 4.79 Å². The second-order valence-corrected chi connectivity index (χ2v) is 7.31. The van der Waals surface area contributed by atoms with E-state index in [-0.39, 0.29) is 5.91 Å². The molecule has 30 heavy (non-hydrogen) atoms. The molecule has 2 aromatic carbocycles. The molecule has 5 rings (SSSR count). The Balaban J connectivity index is 1.54. The highest BCUT2D eigenvalue weighted by molar-refractivity contribution is 5.93. The maximum atomic E-state index is 11.9. The van der Waals surface area contributed by atoms with Crippen LogP contribution in [0.2, 0.25) is 0 Å². The zero-order valence-corrected chi connectivity index (χ0v) is 16.3. The van der Waals surface area contributed by atoms with Crippen LogP contribution in [0.1, 0.15) is 24.0 Å². The predicted molar refractivity (Wildman–Crippen MR) is 115 cm³/mol. The van der Waals surface area contributed by atoms with Crippen LogP contribution >= 0.6 is 0 Å². The number of anilines is 3. The minimum Gasteiger partial charge on any atom is -0.337 e. The zero-order chi connectivity index (χ0) is 20.5. The molecule has 0 spiro atoms. The molecule has 0 unspecified atom stereocenters. The largest absolute Gasteiger partial charge is 0.337 e. The summed E-state index contributed by atoms with van der Waals surface area (Å²) in [4.78, 5) is 21.1. The number of amides is 1. The van der Waals surface area contributed by atoms with Gasteiger partial charge in [0.05, 0.1) is 11.9 Å². The van der Waals surface area contributed by atoms with Crippen LogP contribution in [0.25, 0.3) is 16.9 Å². The van der Waals surface area contributed by atoms with Crippen molar-refractivity contribution in [1.82, 2.24) is 19.6 Å². The number of hydrogen-bond donors (Lipinski definition) is 3. The van der Waals surface area contributed by atoms with Gasteiger partial charge in [-0.1, -0.05) is 24.3 Å². The van der Waals surface area contributed by atoms with Crippen molar-refractivity contribution in [3.63, 3.8) is 0 Å². The van der Waals surface area contributed by atoms with Gasteiger partial charge >= 0.3 is 0 Å². The molecule has 3 heterocycles. The average molecular weight is 399 g/mol. The molecule has 150 valence electrons. The van der Waals surface area contributed by atoms with Crippen LogP contribution in [0, 0.1) is 0 Å². The monoisotopic (exact) mass is 399 g/mol. The number of carbonyl (C=O) groups is 1. The number of carbonyl (C=O) groups excluding carboxylic acids is 1. The Labute approximate surface area is 173 Å². The van der Waals surface area contributed by atoms with Gasteiger partial charge < -0.3 is 16.4 Å². The molecular formula is C22H21N7O. The summed E-state index contributed by atoms with van der Waals surface area (Å²) in [5, 5.41) is 10.6. The highest BCUT2D eigenvalue weighted by Gasteiger charge is 2.15. The van der Waals surface area contributed by atoms with Gasteiger partial charge in [0, 0.05) is 29.9 Å². The molecule has 0 radical (unpaired) electrons. The summed E-state index contributed by atoms with van der Waals surface area (Å²) in [7, 11) is 0. The molecule has 4 aromatic rings. The fourth-order valence-electron chi connectivity index (χ4n) is 3.69. The Bertz CT molecular complexity index is 1250. The first kappa shape index (κ1) is 18.3. The van der Waals surface area contributed by atoms with E-state index in [1.54, 1.807) is 4.52 Å². The fraction of sp³-hybridized carbons (Fsp3) is 0.182. The summed E-state index contributed by atoms with van der Waals surface area (Å²) in [6.45, 7) is 0.464. The molecule has 0 aliphatic carbocycles. The van der Waals surface area contributed by atoms with Crippen LogP contribution in [0.4, 0.5) is 17.2 Å². The third-order valence-electron chi connectivity index (χ3n) is 5.22. The van der Waals surface area contributed by atoms with Gasteiger partial charge in [-0.05, 0) is 42.2 Å². The number of hydrogen-bond acceptors (Lipinski definition) is 6. The number of benzene rings is 2. The summed E-state index contributed by atoms with van der Waals surface area (Å²) < 4.78 is 1.70. The Morgan fingerprint density at radius 1 is 1.17 bits per heavy atom. The maximum Gasteiger partial charge on any atom is 0.224 e. The zero-order valence-electron chi connectivity index (χ0n) is 16.3. The second-order valence-electron chi connectivity index (χ2n) is 7.31. The van der Waals surface area contributed by atoms with Crippen molar-refractivity contribution in [3.8, 4) is 11.3 Å². The van der Waals surface area contributed by atoms with Gasteiger partial charge in [0.15, 0.2) is 11.5 Å². The van der Waals surface area contributed by atoms with Gasteiger partial charge in [0.25, 0.3) is 0 Å². The number of aryl methyl sites for hydroxylation is 1. The van der Waals surface area contributed by atoms with E-state index in [4.69, 9.17) is 10.7 Å². The summed E-state index contributed by atoms with van der Waals surface area (Å²) in [6, 6.07) is 13.9. The topological polar surface area (TPSA) is 110 Å². The van der Waals surface area contributed by atoms with E-state index in [1.807, 2.05) is 48.7 Å². The quantitative estimate of drug-likeness (QED) is 0.486. The first-order valence-corrected chi connectivity index (χ1v) is 9.89. The molecule has 0 atom stereocenters. The molecular weight excluding hydrogens is 378 g/mol. The van der Waals surface area contributed by atoms with Crippen molar-refractivity contribution < 1.29 is 4.79 Å². The second kappa shape index (κ2) is 7.57. The molecule has 1 amide bonds. The van der Waals surface area contributed by atoms with Crippen molar-refractivity contribution >= 4 is 28.7 Å². The molecule has 8 heteroatoms. The molecule has 0 saturated carbocycles. The van der Waals surface area contributed by atoms with E-state index >= 15 is 0 Å². The molecule has 1 aliphatic heterocycles. The lowest BCUT2D eigenvalue weighted by molar-refractivity contribution is -0.116. The first-order valence-electron chi connectivity index (χ1n) is 9.89. The fourth-order valence-corrected chi connectivity index (χ4v) is 3.69. The number of nitrogens with two attached hydrogens (primary N) is 1. The molecule has 8 nitrogen and oxygen atoms in total. The summed E-state index contributed by atoms with van der Waals surface area (Å²) in [6.07, 6.45) is 5.63. The van der Waals surface area contributed by atoms with Crippen LogP contribution in [0.15, 0.2) is 55.0 Å². The lowest BCUT2D eigenvalue weighted by Crippen LogP contribution is -2.09. The predicted octanol–water partition coefficient (Wildman–Crippen LogP) is 3.27. The van der Waals surface area contributed by atoms with Gasteiger partial charge in [0.1, 0.15) is 6.33 Å². The highest BCUT2D eigenvalue weighted by Crippen LogP contribution is 2.29. The summed E-state index contributed by atoms with van der Waals surface area (Å²) in [5.41, 5.74) is 11.9. The van der Waals surface area contributed by atoms with E-state index in [9.17, 15) is 4.79 Å². The van der Waals surface area contributed by atoms with Gasteiger partial charge in [-0.2, -0.15) is 5.10 Å². The van der Waals surface area contributed by atoms with Crippen LogP contribution in [0.3, 0.4) is 0 Å². The Morgan fingerprint density at radius 2 is 2.10 bits per heavy atom. The standard InChI is InChI=1S/C22H21N7O/c23-11-14-3-1-5-16(9-14)19-12-29-22(24-13-25-29)21(28-19)26-17-8-7-15-4-2-6-20(30)27-18(15)10-17/h1,3,5,7-10,12-13H,2,4,6,11,23H2,(H,26,28)(H,27,30). The van der Waals surface area contributed by atoms with E-state index in [1.165, 1.54) is 6.33 Å². The van der Waals surface area contributed by atoms with Crippen molar-refractivity contribution in [2.45, 2.75) is 25.8 Å².